The summed E-state index contributed by atoms with van der Waals surface area (Å²) in [5.41, 5.74) is 3.18. The van der Waals surface area contributed by atoms with Crippen LogP contribution in [0.1, 0.15) is 11.4 Å². The molecule has 2 aromatic heterocycles. The number of morpholine rings is 1. The molecule has 0 atom stereocenters. The molecule has 152 valence electrons. The minimum absolute atomic E-state index is 0.444. The fourth-order valence-electron chi connectivity index (χ4n) is 3.73. The second kappa shape index (κ2) is 8.38. The van der Waals surface area contributed by atoms with E-state index in [0.29, 0.717) is 30.6 Å². The first kappa shape index (κ1) is 19.0. The number of benzene rings is 2. The molecule has 0 N–H and O–H groups in total. The Kier molecular flexibility index (Phi) is 5.13. The van der Waals surface area contributed by atoms with Crippen LogP contribution < -0.4 is 4.90 Å². The summed E-state index contributed by atoms with van der Waals surface area (Å²) in [6.07, 6.45) is 3.62. The van der Waals surface area contributed by atoms with E-state index in [9.17, 15) is 5.26 Å². The van der Waals surface area contributed by atoms with Gasteiger partial charge in [0.25, 0.3) is 0 Å². The van der Waals surface area contributed by atoms with Crippen LogP contribution in [0.4, 0.5) is 5.95 Å². The maximum atomic E-state index is 10.00. The van der Waals surface area contributed by atoms with Crippen molar-refractivity contribution in [1.82, 2.24) is 19.7 Å². The molecule has 0 aliphatic carbocycles. The number of hydrogen-bond acceptors (Lipinski definition) is 6. The van der Waals surface area contributed by atoms with Crippen LogP contribution in [-0.4, -0.2) is 46.1 Å². The molecule has 1 saturated heterocycles. The zero-order valence-electron chi connectivity index (χ0n) is 16.8. The van der Waals surface area contributed by atoms with E-state index in [1.54, 1.807) is 6.20 Å². The van der Waals surface area contributed by atoms with Gasteiger partial charge < -0.3 is 9.64 Å². The van der Waals surface area contributed by atoms with Gasteiger partial charge in [0, 0.05) is 24.7 Å². The summed E-state index contributed by atoms with van der Waals surface area (Å²) < 4.78 is 7.44. The second-order valence-electron chi connectivity index (χ2n) is 7.22. The van der Waals surface area contributed by atoms with Crippen LogP contribution in [0.25, 0.3) is 28.2 Å². The fourth-order valence-corrected chi connectivity index (χ4v) is 3.73. The minimum atomic E-state index is 0.444. The normalized spacial score (nSPS) is 14.5. The van der Waals surface area contributed by atoms with Crippen LogP contribution in [0.3, 0.4) is 0 Å². The number of anilines is 1. The highest BCUT2D eigenvalue weighted by atomic mass is 16.5. The van der Waals surface area contributed by atoms with Gasteiger partial charge in [-0.25, -0.2) is 0 Å². The van der Waals surface area contributed by atoms with Crippen molar-refractivity contribution in [3.05, 3.63) is 78.2 Å². The lowest BCUT2D eigenvalue weighted by molar-refractivity contribution is 0.122. The lowest BCUT2D eigenvalue weighted by Crippen LogP contribution is -2.38. The van der Waals surface area contributed by atoms with E-state index in [4.69, 9.17) is 4.74 Å². The molecule has 0 unspecified atom stereocenters. The summed E-state index contributed by atoms with van der Waals surface area (Å²) in [6.45, 7) is 2.74. The zero-order valence-corrected chi connectivity index (χ0v) is 16.8. The number of hydrogen-bond donors (Lipinski definition) is 0. The van der Waals surface area contributed by atoms with E-state index in [1.165, 1.54) is 0 Å². The average molecular weight is 408 g/mol. The third-order valence-electron chi connectivity index (χ3n) is 5.25. The Balaban J connectivity index is 1.62. The summed E-state index contributed by atoms with van der Waals surface area (Å²) in [6, 6.07) is 22.1. The fraction of sp³-hybridized carbons (Fsp3) is 0.167. The molecule has 0 spiro atoms. The molecule has 5 rings (SSSR count). The lowest BCUT2D eigenvalue weighted by atomic mass is 10.1. The van der Waals surface area contributed by atoms with E-state index >= 15 is 0 Å². The third-order valence-corrected chi connectivity index (χ3v) is 5.25. The highest BCUT2D eigenvalue weighted by molar-refractivity contribution is 5.90. The molecule has 0 amide bonds. The van der Waals surface area contributed by atoms with Crippen molar-refractivity contribution in [2.75, 3.05) is 31.2 Å². The van der Waals surface area contributed by atoms with Crippen LogP contribution in [0, 0.1) is 11.3 Å². The van der Waals surface area contributed by atoms with Gasteiger partial charge in [-0.15, -0.1) is 10.2 Å². The number of fused-ring (bicyclic) bond motifs is 1. The largest absolute Gasteiger partial charge is 0.378 e. The number of allylic oxidation sites excluding steroid dienone is 1. The van der Waals surface area contributed by atoms with Crippen molar-refractivity contribution in [2.45, 2.75) is 0 Å². The molecule has 7 nitrogen and oxygen atoms in total. The predicted octanol–water partition coefficient (Wildman–Crippen LogP) is 3.72. The Bertz CT molecular complexity index is 1280. The van der Waals surface area contributed by atoms with E-state index in [1.807, 2.05) is 71.3 Å². The van der Waals surface area contributed by atoms with Gasteiger partial charge in [-0.1, -0.05) is 30.3 Å². The molecular formula is C24H20N6O. The third kappa shape index (κ3) is 3.77. The molecule has 1 aliphatic rings. The van der Waals surface area contributed by atoms with Crippen molar-refractivity contribution in [2.24, 2.45) is 0 Å². The number of nitriles is 1. The summed E-state index contributed by atoms with van der Waals surface area (Å²) >= 11 is 0. The SMILES string of the molecule is N#C/C(=C/c1ccc2ncccc2c1)c1nnc(N2CCOCC2)n1-c1ccccc1. The number of aromatic nitrogens is 4. The Morgan fingerprint density at radius 3 is 2.65 bits per heavy atom. The van der Waals surface area contributed by atoms with Gasteiger partial charge in [-0.05, 0) is 42.0 Å². The van der Waals surface area contributed by atoms with Crippen LogP contribution in [-0.2, 0) is 4.74 Å². The molecule has 1 aliphatic heterocycles. The number of rotatable bonds is 4. The van der Waals surface area contributed by atoms with Crippen LogP contribution in [0.2, 0.25) is 0 Å². The Morgan fingerprint density at radius 1 is 1.00 bits per heavy atom. The van der Waals surface area contributed by atoms with Gasteiger partial charge in [0.15, 0.2) is 5.82 Å². The molecule has 0 bridgehead atoms. The molecule has 3 heterocycles. The van der Waals surface area contributed by atoms with Crippen LogP contribution >= 0.6 is 0 Å². The molecule has 7 heteroatoms. The van der Waals surface area contributed by atoms with Crippen molar-refractivity contribution in [3.8, 4) is 11.8 Å². The van der Waals surface area contributed by atoms with E-state index in [-0.39, 0.29) is 0 Å². The van der Waals surface area contributed by atoms with Gasteiger partial charge >= 0.3 is 0 Å². The maximum Gasteiger partial charge on any atom is 0.232 e. The Morgan fingerprint density at radius 2 is 1.84 bits per heavy atom. The van der Waals surface area contributed by atoms with Gasteiger partial charge in [0.1, 0.15) is 6.07 Å². The Hall–Kier alpha value is -4.02. The predicted molar refractivity (Wildman–Crippen MR) is 120 cm³/mol. The molecular weight excluding hydrogens is 388 g/mol. The molecule has 2 aromatic carbocycles. The van der Waals surface area contributed by atoms with Gasteiger partial charge in [-0.2, -0.15) is 5.26 Å². The summed E-state index contributed by atoms with van der Waals surface area (Å²) in [5, 5.41) is 19.9. The number of ether oxygens (including phenoxy) is 1. The topological polar surface area (TPSA) is 79.9 Å². The second-order valence-corrected chi connectivity index (χ2v) is 7.22. The standard InChI is InChI=1S/C24H20N6O/c25-17-20(16-18-8-9-22-19(15-18)5-4-10-26-22)23-27-28-24(29-11-13-31-14-12-29)30(23)21-6-2-1-3-7-21/h1-10,15-16H,11-14H2/b20-16-. The lowest BCUT2D eigenvalue weighted by Gasteiger charge is -2.28. The first-order chi connectivity index (χ1) is 15.3. The monoisotopic (exact) mass is 408 g/mol. The number of para-hydroxylation sites is 1. The average Bonchev–Trinajstić information content (AvgIpc) is 3.28. The molecule has 31 heavy (non-hydrogen) atoms. The number of nitrogens with zero attached hydrogens (tertiary/aromatic N) is 6. The summed E-state index contributed by atoms with van der Waals surface area (Å²) in [5.74, 6) is 1.23. The van der Waals surface area contributed by atoms with Gasteiger partial charge in [0.2, 0.25) is 5.95 Å². The van der Waals surface area contributed by atoms with Gasteiger partial charge in [0.05, 0.1) is 30.0 Å². The number of pyridine rings is 1. The molecule has 0 saturated carbocycles. The quantitative estimate of drug-likeness (QED) is 0.479. The molecule has 4 aromatic rings. The molecule has 0 radical (unpaired) electrons. The molecule has 1 fully saturated rings. The first-order valence-corrected chi connectivity index (χ1v) is 10.1. The maximum absolute atomic E-state index is 10.00. The van der Waals surface area contributed by atoms with Crippen molar-refractivity contribution in [1.29, 1.82) is 5.26 Å². The highest BCUT2D eigenvalue weighted by Crippen LogP contribution is 2.27. The summed E-state index contributed by atoms with van der Waals surface area (Å²) in [4.78, 5) is 6.50. The van der Waals surface area contributed by atoms with Crippen molar-refractivity contribution < 1.29 is 4.74 Å². The summed E-state index contributed by atoms with van der Waals surface area (Å²) in [7, 11) is 0. The zero-order chi connectivity index (χ0) is 21.0. The Labute approximate surface area is 179 Å². The minimum Gasteiger partial charge on any atom is -0.378 e. The van der Waals surface area contributed by atoms with E-state index < -0.39 is 0 Å². The van der Waals surface area contributed by atoms with E-state index in [2.05, 4.69) is 26.2 Å². The first-order valence-electron chi connectivity index (χ1n) is 10.1. The highest BCUT2D eigenvalue weighted by Gasteiger charge is 2.23. The van der Waals surface area contributed by atoms with Crippen molar-refractivity contribution in [3.63, 3.8) is 0 Å². The smallest absolute Gasteiger partial charge is 0.232 e. The van der Waals surface area contributed by atoms with Crippen LogP contribution in [0.15, 0.2) is 66.9 Å². The van der Waals surface area contributed by atoms with Gasteiger partial charge in [-0.3, -0.25) is 9.55 Å². The van der Waals surface area contributed by atoms with Crippen LogP contribution in [0.5, 0.6) is 0 Å². The van der Waals surface area contributed by atoms with E-state index in [0.717, 1.165) is 35.2 Å². The van der Waals surface area contributed by atoms with Crippen molar-refractivity contribution >= 4 is 28.5 Å².